The van der Waals surface area contributed by atoms with Gasteiger partial charge in [0.15, 0.2) is 4.67 Å². The SMILES string of the molecule is NC[C@@H]1CCCN(Cc2ccc(Br)o2)C1. The first-order chi connectivity index (χ1) is 7.28. The summed E-state index contributed by atoms with van der Waals surface area (Å²) in [5, 5.41) is 0. The number of rotatable bonds is 3. The highest BCUT2D eigenvalue weighted by molar-refractivity contribution is 9.10. The molecule has 1 saturated heterocycles. The number of hydrogen-bond acceptors (Lipinski definition) is 3. The molecule has 1 aromatic rings. The molecule has 2 rings (SSSR count). The van der Waals surface area contributed by atoms with Crippen molar-refractivity contribution in [3.63, 3.8) is 0 Å². The van der Waals surface area contributed by atoms with Crippen LogP contribution in [-0.2, 0) is 6.54 Å². The Labute approximate surface area is 98.7 Å². The first-order valence-electron chi connectivity index (χ1n) is 5.44. The first-order valence-corrected chi connectivity index (χ1v) is 6.24. The molecule has 4 heteroatoms. The molecule has 84 valence electrons. The van der Waals surface area contributed by atoms with Crippen molar-refractivity contribution in [1.82, 2.24) is 4.90 Å². The van der Waals surface area contributed by atoms with Gasteiger partial charge >= 0.3 is 0 Å². The molecule has 2 heterocycles. The third-order valence-electron chi connectivity index (χ3n) is 2.94. The van der Waals surface area contributed by atoms with Crippen molar-refractivity contribution in [3.8, 4) is 0 Å². The molecule has 1 fully saturated rings. The summed E-state index contributed by atoms with van der Waals surface area (Å²) >= 11 is 3.32. The third kappa shape index (κ3) is 3.06. The summed E-state index contributed by atoms with van der Waals surface area (Å²) in [6.07, 6.45) is 2.53. The number of nitrogens with zero attached hydrogens (tertiary/aromatic N) is 1. The van der Waals surface area contributed by atoms with Crippen LogP contribution in [0.1, 0.15) is 18.6 Å². The van der Waals surface area contributed by atoms with Gasteiger partial charge < -0.3 is 10.2 Å². The molecule has 15 heavy (non-hydrogen) atoms. The Hall–Kier alpha value is -0.320. The van der Waals surface area contributed by atoms with Crippen LogP contribution in [0.2, 0.25) is 0 Å². The van der Waals surface area contributed by atoms with Gasteiger partial charge in [0.2, 0.25) is 0 Å². The topological polar surface area (TPSA) is 42.4 Å². The van der Waals surface area contributed by atoms with Gasteiger partial charge in [0.25, 0.3) is 0 Å². The van der Waals surface area contributed by atoms with E-state index in [1.807, 2.05) is 12.1 Å². The maximum atomic E-state index is 5.71. The standard InChI is InChI=1S/C11H17BrN2O/c12-11-4-3-10(15-11)8-14-5-1-2-9(6-13)7-14/h3-4,9H,1-2,5-8,13H2/t9-/m0/s1. The molecule has 0 amide bonds. The quantitative estimate of drug-likeness (QED) is 0.918. The second-order valence-electron chi connectivity index (χ2n) is 4.18. The van der Waals surface area contributed by atoms with Crippen LogP contribution in [0.4, 0.5) is 0 Å². The molecule has 2 N–H and O–H groups in total. The van der Waals surface area contributed by atoms with Gasteiger partial charge in [-0.15, -0.1) is 0 Å². The Morgan fingerprint density at radius 2 is 2.40 bits per heavy atom. The molecule has 1 aliphatic rings. The molecule has 0 unspecified atom stereocenters. The van der Waals surface area contributed by atoms with Gasteiger partial charge in [-0.3, -0.25) is 4.90 Å². The number of nitrogens with two attached hydrogens (primary N) is 1. The maximum Gasteiger partial charge on any atom is 0.169 e. The van der Waals surface area contributed by atoms with Crippen LogP contribution in [0.3, 0.4) is 0 Å². The van der Waals surface area contributed by atoms with Gasteiger partial charge in [0.05, 0.1) is 6.54 Å². The maximum absolute atomic E-state index is 5.71. The highest BCUT2D eigenvalue weighted by Crippen LogP contribution is 2.20. The van der Waals surface area contributed by atoms with Gasteiger partial charge in [0, 0.05) is 6.54 Å². The lowest BCUT2D eigenvalue weighted by atomic mass is 9.98. The molecule has 1 atom stereocenters. The third-order valence-corrected chi connectivity index (χ3v) is 3.37. The average Bonchev–Trinajstić information content (AvgIpc) is 2.64. The lowest BCUT2D eigenvalue weighted by Gasteiger charge is -2.31. The molecule has 0 spiro atoms. The molecule has 0 aromatic carbocycles. The van der Waals surface area contributed by atoms with Gasteiger partial charge in [-0.25, -0.2) is 0 Å². The summed E-state index contributed by atoms with van der Waals surface area (Å²) in [5.74, 6) is 1.69. The smallest absolute Gasteiger partial charge is 0.169 e. The fourth-order valence-electron chi connectivity index (χ4n) is 2.14. The summed E-state index contributed by atoms with van der Waals surface area (Å²) in [7, 11) is 0. The van der Waals surface area contributed by atoms with Crippen LogP contribution in [0.25, 0.3) is 0 Å². The van der Waals surface area contributed by atoms with Gasteiger partial charge in [-0.1, -0.05) is 0 Å². The molecular weight excluding hydrogens is 256 g/mol. The lowest BCUT2D eigenvalue weighted by Crippen LogP contribution is -2.37. The molecule has 0 saturated carbocycles. The van der Waals surface area contributed by atoms with E-state index in [1.54, 1.807) is 0 Å². The van der Waals surface area contributed by atoms with E-state index in [4.69, 9.17) is 10.2 Å². The van der Waals surface area contributed by atoms with Crippen LogP contribution in [0.5, 0.6) is 0 Å². The van der Waals surface area contributed by atoms with E-state index in [2.05, 4.69) is 20.8 Å². The minimum Gasteiger partial charge on any atom is -0.453 e. The number of hydrogen-bond donors (Lipinski definition) is 1. The first kappa shape index (κ1) is 11.2. The molecule has 1 aliphatic heterocycles. The van der Waals surface area contributed by atoms with Crippen LogP contribution in [-0.4, -0.2) is 24.5 Å². The molecule has 1 aromatic heterocycles. The zero-order chi connectivity index (χ0) is 10.7. The highest BCUT2D eigenvalue weighted by atomic mass is 79.9. The number of furan rings is 1. The number of halogens is 1. The van der Waals surface area contributed by atoms with Crippen LogP contribution in [0, 0.1) is 5.92 Å². The monoisotopic (exact) mass is 272 g/mol. The summed E-state index contributed by atoms with van der Waals surface area (Å²) in [6.45, 7) is 3.98. The summed E-state index contributed by atoms with van der Waals surface area (Å²) < 4.78 is 6.31. The van der Waals surface area contributed by atoms with Crippen molar-refractivity contribution in [2.24, 2.45) is 11.7 Å². The minimum atomic E-state index is 0.664. The van der Waals surface area contributed by atoms with Crippen LogP contribution >= 0.6 is 15.9 Å². The van der Waals surface area contributed by atoms with E-state index in [0.717, 1.165) is 36.6 Å². The van der Waals surface area contributed by atoms with Gasteiger partial charge in [0.1, 0.15) is 5.76 Å². The Balaban J connectivity index is 1.88. The van der Waals surface area contributed by atoms with Crippen molar-refractivity contribution >= 4 is 15.9 Å². The van der Waals surface area contributed by atoms with Crippen molar-refractivity contribution in [3.05, 3.63) is 22.6 Å². The Morgan fingerprint density at radius 3 is 3.07 bits per heavy atom. The Morgan fingerprint density at radius 1 is 1.53 bits per heavy atom. The molecular formula is C11H17BrN2O. The predicted molar refractivity (Wildman–Crippen MR) is 63.5 cm³/mol. The van der Waals surface area contributed by atoms with E-state index in [1.165, 1.54) is 12.8 Å². The van der Waals surface area contributed by atoms with Crippen LogP contribution < -0.4 is 5.73 Å². The highest BCUT2D eigenvalue weighted by Gasteiger charge is 2.19. The summed E-state index contributed by atoms with van der Waals surface area (Å²) in [4.78, 5) is 2.42. The van der Waals surface area contributed by atoms with Gasteiger partial charge in [-0.2, -0.15) is 0 Å². The van der Waals surface area contributed by atoms with Crippen molar-refractivity contribution < 1.29 is 4.42 Å². The van der Waals surface area contributed by atoms with E-state index in [-0.39, 0.29) is 0 Å². The van der Waals surface area contributed by atoms with E-state index in [9.17, 15) is 0 Å². The van der Waals surface area contributed by atoms with E-state index >= 15 is 0 Å². The molecule has 0 bridgehead atoms. The average molecular weight is 273 g/mol. The van der Waals surface area contributed by atoms with Crippen LogP contribution in [0.15, 0.2) is 21.2 Å². The Bertz CT molecular complexity index is 313. The second-order valence-corrected chi connectivity index (χ2v) is 4.97. The summed E-state index contributed by atoms with van der Waals surface area (Å²) in [6, 6.07) is 3.97. The number of piperidine rings is 1. The van der Waals surface area contributed by atoms with Crippen molar-refractivity contribution in [2.75, 3.05) is 19.6 Å². The largest absolute Gasteiger partial charge is 0.453 e. The normalized spacial score (nSPS) is 23.2. The predicted octanol–water partition coefficient (Wildman–Crippen LogP) is 2.21. The summed E-state index contributed by atoms with van der Waals surface area (Å²) in [5.41, 5.74) is 5.71. The minimum absolute atomic E-state index is 0.664. The fraction of sp³-hybridized carbons (Fsp3) is 0.636. The van der Waals surface area contributed by atoms with E-state index < -0.39 is 0 Å². The zero-order valence-electron chi connectivity index (χ0n) is 8.79. The van der Waals surface area contributed by atoms with Crippen molar-refractivity contribution in [2.45, 2.75) is 19.4 Å². The Kier molecular flexibility index (Phi) is 3.83. The zero-order valence-corrected chi connectivity index (χ0v) is 10.4. The molecule has 0 radical (unpaired) electrons. The number of likely N-dealkylation sites (tertiary alicyclic amines) is 1. The molecule has 3 nitrogen and oxygen atoms in total. The molecule has 0 aliphatic carbocycles. The van der Waals surface area contributed by atoms with Gasteiger partial charge in [-0.05, 0) is 59.9 Å². The fourth-order valence-corrected chi connectivity index (χ4v) is 2.48. The second kappa shape index (κ2) is 5.14. The van der Waals surface area contributed by atoms with E-state index in [0.29, 0.717) is 5.92 Å². The lowest BCUT2D eigenvalue weighted by molar-refractivity contribution is 0.160. The van der Waals surface area contributed by atoms with Crippen molar-refractivity contribution in [1.29, 1.82) is 0 Å².